The topological polar surface area (TPSA) is 95.5 Å². The number of hydrogen-bond acceptors (Lipinski definition) is 4. The van der Waals surface area contributed by atoms with Gasteiger partial charge in [-0.3, -0.25) is 4.79 Å². The molecule has 1 aliphatic rings. The molecule has 0 radical (unpaired) electrons. The van der Waals surface area contributed by atoms with E-state index in [0.717, 1.165) is 29.8 Å². The molecule has 32 heavy (non-hydrogen) atoms. The predicted octanol–water partition coefficient (Wildman–Crippen LogP) is 3.39. The molecule has 0 aliphatic heterocycles. The summed E-state index contributed by atoms with van der Waals surface area (Å²) in [6.45, 7) is -0.238. The van der Waals surface area contributed by atoms with Crippen molar-refractivity contribution in [1.29, 1.82) is 0 Å². The zero-order valence-corrected chi connectivity index (χ0v) is 18.0. The van der Waals surface area contributed by atoms with E-state index >= 15 is 0 Å². The van der Waals surface area contributed by atoms with Crippen molar-refractivity contribution < 1.29 is 31.5 Å². The zero-order chi connectivity index (χ0) is 23.4. The number of rotatable bonds is 7. The van der Waals surface area contributed by atoms with Gasteiger partial charge < -0.3 is 10.4 Å². The number of nitrogens with one attached hydrogen (secondary N) is 2. The van der Waals surface area contributed by atoms with E-state index in [1.54, 1.807) is 0 Å². The highest BCUT2D eigenvalue weighted by molar-refractivity contribution is 7.89. The molecular weight excluding hydrogens is 445 g/mol. The van der Waals surface area contributed by atoms with Crippen molar-refractivity contribution in [1.82, 2.24) is 10.0 Å². The van der Waals surface area contributed by atoms with Crippen molar-refractivity contribution in [2.45, 2.75) is 48.8 Å². The van der Waals surface area contributed by atoms with Crippen molar-refractivity contribution in [2.75, 3.05) is 6.61 Å². The fraction of sp³-hybridized carbons (Fsp3) is 0.409. The van der Waals surface area contributed by atoms with Gasteiger partial charge in [-0.15, -0.1) is 0 Å². The van der Waals surface area contributed by atoms with Gasteiger partial charge >= 0.3 is 6.18 Å². The largest absolute Gasteiger partial charge is 0.416 e. The minimum absolute atomic E-state index is 0.197. The van der Waals surface area contributed by atoms with Gasteiger partial charge in [0.05, 0.1) is 23.1 Å². The molecule has 0 spiro atoms. The highest BCUT2D eigenvalue weighted by atomic mass is 32.2. The number of carbonyl (C=O) groups is 1. The van der Waals surface area contributed by atoms with Crippen LogP contribution in [0.25, 0.3) is 0 Å². The van der Waals surface area contributed by atoms with Crippen LogP contribution in [0.5, 0.6) is 0 Å². The first-order valence-corrected chi connectivity index (χ1v) is 11.7. The molecule has 6 nitrogen and oxygen atoms in total. The summed E-state index contributed by atoms with van der Waals surface area (Å²) < 4.78 is 65.6. The minimum atomic E-state index is -4.54. The maximum atomic E-state index is 12.7. The van der Waals surface area contributed by atoms with Crippen LogP contribution in [0.1, 0.15) is 42.9 Å². The summed E-state index contributed by atoms with van der Waals surface area (Å²) >= 11 is 0. The third-order valence-electron chi connectivity index (χ3n) is 5.61. The molecule has 2 aromatic rings. The first-order chi connectivity index (χ1) is 15.1. The number of aliphatic hydroxyl groups excluding tert-OH is 1. The van der Waals surface area contributed by atoms with Gasteiger partial charge in [0, 0.05) is 12.0 Å². The molecule has 0 saturated heterocycles. The van der Waals surface area contributed by atoms with Crippen LogP contribution < -0.4 is 10.0 Å². The van der Waals surface area contributed by atoms with E-state index in [1.807, 2.05) is 30.3 Å². The van der Waals surface area contributed by atoms with Gasteiger partial charge in [-0.2, -0.15) is 13.2 Å². The van der Waals surface area contributed by atoms with Gasteiger partial charge in [0.2, 0.25) is 15.9 Å². The number of sulfonamides is 1. The molecule has 174 valence electrons. The molecule has 1 amide bonds. The van der Waals surface area contributed by atoms with Crippen molar-refractivity contribution in [3.63, 3.8) is 0 Å². The Kier molecular flexibility index (Phi) is 7.58. The van der Waals surface area contributed by atoms with E-state index in [9.17, 15) is 31.5 Å². The first kappa shape index (κ1) is 24.2. The van der Waals surface area contributed by atoms with Crippen molar-refractivity contribution in [2.24, 2.45) is 5.92 Å². The quantitative estimate of drug-likeness (QED) is 0.578. The van der Waals surface area contributed by atoms with Crippen molar-refractivity contribution >= 4 is 15.9 Å². The number of carbonyl (C=O) groups excluding carboxylic acids is 1. The summed E-state index contributed by atoms with van der Waals surface area (Å²) in [6.07, 6.45) is -2.78. The maximum absolute atomic E-state index is 12.7. The minimum Gasteiger partial charge on any atom is -0.394 e. The van der Waals surface area contributed by atoms with E-state index in [-0.39, 0.29) is 23.3 Å². The third kappa shape index (κ3) is 6.08. The van der Waals surface area contributed by atoms with E-state index in [2.05, 4.69) is 10.0 Å². The lowest BCUT2D eigenvalue weighted by Gasteiger charge is -2.29. The lowest BCUT2D eigenvalue weighted by atomic mass is 9.85. The Labute approximate surface area is 184 Å². The Bertz CT molecular complexity index is 1000. The van der Waals surface area contributed by atoms with Gasteiger partial charge in [0.15, 0.2) is 0 Å². The van der Waals surface area contributed by atoms with Crippen LogP contribution in [0, 0.1) is 5.92 Å². The molecule has 3 rings (SSSR count). The molecular formula is C22H25F3N2O4S. The second kappa shape index (κ2) is 10.0. The Morgan fingerprint density at radius 3 is 2.12 bits per heavy atom. The lowest BCUT2D eigenvalue weighted by molar-refractivity contribution is -0.137. The van der Waals surface area contributed by atoms with Gasteiger partial charge in [-0.25, -0.2) is 13.1 Å². The molecule has 1 atom stereocenters. The second-order valence-electron chi connectivity index (χ2n) is 7.85. The number of aliphatic hydroxyl groups is 1. The smallest absolute Gasteiger partial charge is 0.394 e. The fourth-order valence-electron chi connectivity index (χ4n) is 3.79. The summed E-state index contributed by atoms with van der Waals surface area (Å²) in [5, 5.41) is 12.5. The number of alkyl halides is 3. The van der Waals surface area contributed by atoms with Crippen molar-refractivity contribution in [3.05, 3.63) is 65.7 Å². The lowest BCUT2D eigenvalue weighted by Crippen LogP contribution is -2.42. The van der Waals surface area contributed by atoms with Gasteiger partial charge in [-0.05, 0) is 55.5 Å². The summed E-state index contributed by atoms with van der Waals surface area (Å²) in [7, 11) is -3.97. The molecule has 0 bridgehead atoms. The zero-order valence-electron chi connectivity index (χ0n) is 17.2. The number of hydrogen-bond donors (Lipinski definition) is 3. The highest BCUT2D eigenvalue weighted by Gasteiger charge is 2.32. The summed E-state index contributed by atoms with van der Waals surface area (Å²) in [5.41, 5.74) is -0.124. The third-order valence-corrected chi connectivity index (χ3v) is 7.15. The van der Waals surface area contributed by atoms with Crippen LogP contribution in [0.3, 0.4) is 0 Å². The summed E-state index contributed by atoms with van der Waals surface area (Å²) in [5.74, 6) is -0.503. The number of amides is 1. The van der Waals surface area contributed by atoms with Gasteiger partial charge in [-0.1, -0.05) is 30.3 Å². The molecule has 0 aromatic heterocycles. The van der Waals surface area contributed by atoms with Crippen LogP contribution in [-0.2, 0) is 21.0 Å². The molecule has 1 aliphatic carbocycles. The highest BCUT2D eigenvalue weighted by Crippen LogP contribution is 2.30. The maximum Gasteiger partial charge on any atom is 0.416 e. The van der Waals surface area contributed by atoms with E-state index in [0.29, 0.717) is 25.7 Å². The van der Waals surface area contributed by atoms with Crippen LogP contribution >= 0.6 is 0 Å². The monoisotopic (exact) mass is 470 g/mol. The van der Waals surface area contributed by atoms with Gasteiger partial charge in [0.25, 0.3) is 0 Å². The summed E-state index contributed by atoms with van der Waals surface area (Å²) in [6, 6.07) is 11.5. The molecule has 2 aromatic carbocycles. The predicted molar refractivity (Wildman–Crippen MR) is 112 cm³/mol. The standard InChI is InChI=1S/C22H25F3N2O4S/c23-22(24,25)17-8-12-19(13-9-17)32(30,31)27-18-10-6-16(7-11-18)21(29)26-20(14-28)15-4-2-1-3-5-15/h1-5,8-9,12-13,16,18,20,27-28H,6-7,10-11,14H2,(H,26,29). The molecule has 1 fully saturated rings. The van der Waals surface area contributed by atoms with Crippen LogP contribution in [0.15, 0.2) is 59.5 Å². The van der Waals surface area contributed by atoms with E-state index in [1.165, 1.54) is 0 Å². The van der Waals surface area contributed by atoms with Crippen LogP contribution in [0.2, 0.25) is 0 Å². The average molecular weight is 471 g/mol. The SMILES string of the molecule is O=C(NC(CO)c1ccccc1)C1CCC(NS(=O)(=O)c2ccc(C(F)(F)F)cc2)CC1. The molecule has 3 N–H and O–H groups in total. The van der Waals surface area contributed by atoms with Crippen molar-refractivity contribution in [3.8, 4) is 0 Å². The Balaban J connectivity index is 1.54. The normalized spacial score (nSPS) is 20.5. The fourth-order valence-corrected chi connectivity index (χ4v) is 5.10. The van der Waals surface area contributed by atoms with E-state index < -0.39 is 33.8 Å². The Hall–Kier alpha value is -2.43. The Morgan fingerprint density at radius 1 is 1.00 bits per heavy atom. The first-order valence-electron chi connectivity index (χ1n) is 10.3. The van der Waals surface area contributed by atoms with Crippen LogP contribution in [0.4, 0.5) is 13.2 Å². The molecule has 0 heterocycles. The average Bonchev–Trinajstić information content (AvgIpc) is 2.77. The number of halogens is 3. The van der Waals surface area contributed by atoms with Crippen LogP contribution in [-0.4, -0.2) is 32.1 Å². The van der Waals surface area contributed by atoms with E-state index in [4.69, 9.17) is 0 Å². The summed E-state index contributed by atoms with van der Waals surface area (Å²) in [4.78, 5) is 12.4. The number of benzene rings is 2. The second-order valence-corrected chi connectivity index (χ2v) is 9.56. The molecule has 1 saturated carbocycles. The van der Waals surface area contributed by atoms with Gasteiger partial charge in [0.1, 0.15) is 0 Å². The molecule has 1 unspecified atom stereocenters. The molecule has 10 heteroatoms. The Morgan fingerprint density at radius 2 is 1.59 bits per heavy atom.